The highest BCUT2D eigenvalue weighted by molar-refractivity contribution is 7.22. The van der Waals surface area contributed by atoms with E-state index in [1.807, 2.05) is 12.1 Å². The van der Waals surface area contributed by atoms with Crippen molar-refractivity contribution in [2.45, 2.75) is 31.9 Å². The van der Waals surface area contributed by atoms with Crippen LogP contribution in [-0.4, -0.2) is 28.0 Å². The van der Waals surface area contributed by atoms with Crippen LogP contribution in [0.5, 0.6) is 0 Å². The first-order valence-electron chi connectivity index (χ1n) is 11.0. The predicted molar refractivity (Wildman–Crippen MR) is 141 cm³/mol. The van der Waals surface area contributed by atoms with Crippen molar-refractivity contribution in [3.63, 3.8) is 0 Å². The molecule has 2 amide bonds. The number of fused-ring (bicyclic) bond motifs is 1. The van der Waals surface area contributed by atoms with Crippen LogP contribution in [0, 0.1) is 0 Å². The van der Waals surface area contributed by atoms with Crippen LogP contribution in [0.4, 0.5) is 10.8 Å². The summed E-state index contributed by atoms with van der Waals surface area (Å²) in [5, 5.41) is 17.3. The third kappa shape index (κ3) is 5.62. The number of aliphatic hydroxyl groups excluding tert-OH is 1. The molecule has 7 nitrogen and oxygen atoms in total. The van der Waals surface area contributed by atoms with Crippen LogP contribution in [-0.2, 0) is 4.79 Å². The van der Waals surface area contributed by atoms with E-state index in [9.17, 15) is 14.7 Å². The minimum atomic E-state index is -1.61. The Morgan fingerprint density at radius 1 is 1.06 bits per heavy atom. The Balaban J connectivity index is 1.58. The Hall–Kier alpha value is -3.46. The largest absolute Gasteiger partial charge is 0.381 e. The van der Waals surface area contributed by atoms with Crippen molar-refractivity contribution in [2.24, 2.45) is 0 Å². The van der Waals surface area contributed by atoms with Crippen LogP contribution in [0.15, 0.2) is 66.7 Å². The number of nitrogens with two attached hydrogens (primary N) is 1. The predicted octanol–water partition coefficient (Wildman–Crippen LogP) is 5.13. The van der Waals surface area contributed by atoms with Gasteiger partial charge >= 0.3 is 0 Å². The maximum absolute atomic E-state index is 13.0. The SMILES string of the molecule is CC(C)c1ccc(C(=O)N[C@@H](c2ccccc2Cl)[C@@H](O)C(=O)Nc2ccc3nc(N)sc3c2)cc1. The van der Waals surface area contributed by atoms with Crippen molar-refractivity contribution >= 4 is 55.8 Å². The van der Waals surface area contributed by atoms with E-state index in [0.29, 0.717) is 32.9 Å². The number of amides is 2. The van der Waals surface area contributed by atoms with Crippen LogP contribution >= 0.6 is 22.9 Å². The molecular formula is C26H25ClN4O3S. The average Bonchev–Trinajstić information content (AvgIpc) is 3.21. The van der Waals surface area contributed by atoms with Gasteiger partial charge in [-0.25, -0.2) is 4.98 Å². The highest BCUT2D eigenvalue weighted by atomic mass is 35.5. The van der Waals surface area contributed by atoms with Crippen molar-refractivity contribution in [3.8, 4) is 0 Å². The van der Waals surface area contributed by atoms with Crippen molar-refractivity contribution in [1.82, 2.24) is 10.3 Å². The molecule has 0 bridgehead atoms. The number of thiazole rings is 1. The number of carbonyl (C=O) groups is 2. The molecule has 180 valence electrons. The Kier molecular flexibility index (Phi) is 7.35. The lowest BCUT2D eigenvalue weighted by Crippen LogP contribution is -2.42. The van der Waals surface area contributed by atoms with Crippen molar-refractivity contribution < 1.29 is 14.7 Å². The number of halogens is 1. The number of anilines is 2. The van der Waals surface area contributed by atoms with Gasteiger partial charge in [0.1, 0.15) is 0 Å². The molecular weight excluding hydrogens is 484 g/mol. The fraction of sp³-hybridized carbons (Fsp3) is 0.192. The third-order valence-electron chi connectivity index (χ3n) is 5.62. The number of rotatable bonds is 7. The minimum absolute atomic E-state index is 0.321. The Morgan fingerprint density at radius 3 is 2.46 bits per heavy atom. The van der Waals surface area contributed by atoms with Gasteiger partial charge in [0.05, 0.1) is 16.3 Å². The molecule has 4 rings (SSSR count). The summed E-state index contributed by atoms with van der Waals surface area (Å²) in [6.07, 6.45) is -1.61. The van der Waals surface area contributed by atoms with E-state index in [-0.39, 0.29) is 0 Å². The zero-order valence-electron chi connectivity index (χ0n) is 19.2. The topological polar surface area (TPSA) is 117 Å². The summed E-state index contributed by atoms with van der Waals surface area (Å²) in [4.78, 5) is 30.3. The highest BCUT2D eigenvalue weighted by Gasteiger charge is 2.31. The Bertz CT molecular complexity index is 1370. The van der Waals surface area contributed by atoms with Crippen LogP contribution < -0.4 is 16.4 Å². The second-order valence-electron chi connectivity index (χ2n) is 8.42. The van der Waals surface area contributed by atoms with Gasteiger partial charge in [-0.1, -0.05) is 67.1 Å². The number of nitrogen functional groups attached to an aromatic ring is 1. The first-order valence-corrected chi connectivity index (χ1v) is 12.2. The van der Waals surface area contributed by atoms with Crippen molar-refractivity contribution in [2.75, 3.05) is 11.1 Å². The van der Waals surface area contributed by atoms with E-state index >= 15 is 0 Å². The second-order valence-corrected chi connectivity index (χ2v) is 9.89. The van der Waals surface area contributed by atoms with E-state index < -0.39 is 24.0 Å². The van der Waals surface area contributed by atoms with Crippen LogP contribution in [0.3, 0.4) is 0 Å². The quantitative estimate of drug-likeness (QED) is 0.276. The van der Waals surface area contributed by atoms with Gasteiger partial charge in [0.25, 0.3) is 11.8 Å². The molecule has 0 fully saturated rings. The third-order valence-corrected chi connectivity index (χ3v) is 6.81. The lowest BCUT2D eigenvalue weighted by atomic mass is 9.98. The first kappa shape index (κ1) is 24.7. The van der Waals surface area contributed by atoms with E-state index in [1.54, 1.807) is 54.6 Å². The maximum Gasteiger partial charge on any atom is 0.255 e. The smallest absolute Gasteiger partial charge is 0.255 e. The normalized spacial score (nSPS) is 12.9. The zero-order valence-corrected chi connectivity index (χ0v) is 20.7. The molecule has 4 aromatic rings. The van der Waals surface area contributed by atoms with Gasteiger partial charge in [-0.15, -0.1) is 0 Å². The molecule has 0 spiro atoms. The fourth-order valence-electron chi connectivity index (χ4n) is 3.69. The Labute approximate surface area is 212 Å². The molecule has 1 heterocycles. The summed E-state index contributed by atoms with van der Waals surface area (Å²) in [5.41, 5.74) is 8.88. The standard InChI is InChI=1S/C26H25ClN4O3S/c1-14(2)15-7-9-16(10-8-15)24(33)31-22(18-5-3-4-6-19(18)27)23(32)25(34)29-17-11-12-20-21(13-17)35-26(28)30-20/h3-14,22-23,32H,1-2H3,(H2,28,30)(H,29,34)(H,31,33)/t22-,23+/m0/s1. The van der Waals surface area contributed by atoms with Gasteiger partial charge in [0.2, 0.25) is 0 Å². The molecule has 1 aromatic heterocycles. The van der Waals surface area contributed by atoms with Gasteiger partial charge < -0.3 is 21.5 Å². The van der Waals surface area contributed by atoms with Gasteiger partial charge in [-0.05, 0) is 53.4 Å². The van der Waals surface area contributed by atoms with Gasteiger partial charge in [0, 0.05) is 16.3 Å². The molecule has 0 saturated carbocycles. The Morgan fingerprint density at radius 2 is 1.77 bits per heavy atom. The van der Waals surface area contributed by atoms with E-state index in [2.05, 4.69) is 29.5 Å². The van der Waals surface area contributed by atoms with Crippen LogP contribution in [0.2, 0.25) is 5.02 Å². The number of hydrogen-bond acceptors (Lipinski definition) is 6. The number of carbonyl (C=O) groups excluding carboxylic acids is 2. The maximum atomic E-state index is 13.0. The van der Waals surface area contributed by atoms with E-state index in [1.165, 1.54) is 11.3 Å². The van der Waals surface area contributed by atoms with E-state index in [4.69, 9.17) is 17.3 Å². The molecule has 3 aromatic carbocycles. The summed E-state index contributed by atoms with van der Waals surface area (Å²) < 4.78 is 0.801. The molecule has 0 aliphatic heterocycles. The van der Waals surface area contributed by atoms with Gasteiger partial charge in [-0.2, -0.15) is 0 Å². The monoisotopic (exact) mass is 508 g/mol. The van der Waals surface area contributed by atoms with Crippen LogP contribution in [0.25, 0.3) is 10.2 Å². The molecule has 0 aliphatic carbocycles. The van der Waals surface area contributed by atoms with Gasteiger partial charge in [-0.3, -0.25) is 9.59 Å². The van der Waals surface area contributed by atoms with Crippen LogP contribution in [0.1, 0.15) is 47.3 Å². The number of hydrogen-bond donors (Lipinski definition) is 4. The summed E-state index contributed by atoms with van der Waals surface area (Å²) in [6.45, 7) is 4.14. The first-order chi connectivity index (χ1) is 16.7. The molecule has 0 radical (unpaired) electrons. The summed E-state index contributed by atoms with van der Waals surface area (Å²) in [6, 6.07) is 18.0. The van der Waals surface area contributed by atoms with Crippen molar-refractivity contribution in [3.05, 3.63) is 88.4 Å². The summed E-state index contributed by atoms with van der Waals surface area (Å²) in [7, 11) is 0. The molecule has 0 saturated heterocycles. The molecule has 0 unspecified atom stereocenters. The number of nitrogens with one attached hydrogen (secondary N) is 2. The zero-order chi connectivity index (χ0) is 25.1. The van der Waals surface area contributed by atoms with E-state index in [0.717, 1.165) is 15.8 Å². The summed E-state index contributed by atoms with van der Waals surface area (Å²) in [5.74, 6) is -0.796. The fourth-order valence-corrected chi connectivity index (χ4v) is 4.71. The van der Waals surface area contributed by atoms with Gasteiger partial charge in [0.15, 0.2) is 11.2 Å². The molecule has 5 N–H and O–H groups in total. The highest BCUT2D eigenvalue weighted by Crippen LogP contribution is 2.29. The number of nitrogens with zero attached hydrogens (tertiary/aromatic N) is 1. The molecule has 0 aliphatic rings. The number of aromatic nitrogens is 1. The minimum Gasteiger partial charge on any atom is -0.381 e. The number of benzene rings is 3. The lowest BCUT2D eigenvalue weighted by Gasteiger charge is -2.25. The second kappa shape index (κ2) is 10.4. The number of aliphatic hydroxyl groups is 1. The molecule has 9 heteroatoms. The lowest BCUT2D eigenvalue weighted by molar-refractivity contribution is -0.125. The van der Waals surface area contributed by atoms with Crippen molar-refractivity contribution in [1.29, 1.82) is 0 Å². The molecule has 35 heavy (non-hydrogen) atoms. The molecule has 2 atom stereocenters. The summed E-state index contributed by atoms with van der Waals surface area (Å²) >= 11 is 7.66. The average molecular weight is 509 g/mol.